The Hall–Kier alpha value is -1.01. The van der Waals surface area contributed by atoms with Crippen LogP contribution in [0.3, 0.4) is 0 Å². The largest absolute Gasteiger partial charge is 0.377 e. The van der Waals surface area contributed by atoms with Gasteiger partial charge in [-0.15, -0.1) is 6.42 Å². The van der Waals surface area contributed by atoms with Gasteiger partial charge in [0.05, 0.1) is 18.6 Å². The number of hydrogen-bond acceptors (Lipinski definition) is 2. The van der Waals surface area contributed by atoms with E-state index in [0.717, 1.165) is 12.8 Å². The van der Waals surface area contributed by atoms with Crippen molar-refractivity contribution in [2.75, 3.05) is 19.7 Å². The quantitative estimate of drug-likeness (QED) is 0.653. The number of carbonyl (C=O) groups is 1. The lowest BCUT2D eigenvalue weighted by Gasteiger charge is -2.24. The third kappa shape index (κ3) is 2.73. The zero-order valence-corrected chi connectivity index (χ0v) is 9.53. The first-order valence-electron chi connectivity index (χ1n) is 5.58. The second-order valence-electron chi connectivity index (χ2n) is 3.77. The Bertz CT molecular complexity index is 257. The van der Waals surface area contributed by atoms with Gasteiger partial charge in [0, 0.05) is 13.2 Å². The van der Waals surface area contributed by atoms with E-state index in [1.54, 1.807) is 4.90 Å². The monoisotopic (exact) mass is 209 g/mol. The van der Waals surface area contributed by atoms with Crippen LogP contribution in [0.1, 0.15) is 26.7 Å². The summed E-state index contributed by atoms with van der Waals surface area (Å²) in [7, 11) is 0. The van der Waals surface area contributed by atoms with Crippen LogP contribution in [-0.2, 0) is 9.53 Å². The standard InChI is InChI=1S/C12H19NO2/c1-4-8-13(6-3)12(14)10-7-9-15-11(10)5-2/h1,10-11H,5-9H2,2-3H3. The molecule has 0 bridgehead atoms. The molecule has 1 amide bonds. The lowest BCUT2D eigenvalue weighted by Crippen LogP contribution is -2.39. The molecule has 0 N–H and O–H groups in total. The van der Waals surface area contributed by atoms with E-state index in [1.807, 2.05) is 13.8 Å². The van der Waals surface area contributed by atoms with E-state index in [-0.39, 0.29) is 17.9 Å². The molecule has 1 heterocycles. The van der Waals surface area contributed by atoms with Gasteiger partial charge < -0.3 is 9.64 Å². The van der Waals surface area contributed by atoms with Crippen molar-refractivity contribution >= 4 is 5.91 Å². The fourth-order valence-electron chi connectivity index (χ4n) is 2.02. The van der Waals surface area contributed by atoms with E-state index in [1.165, 1.54) is 0 Å². The predicted octanol–water partition coefficient (Wildman–Crippen LogP) is 1.28. The first kappa shape index (κ1) is 12.1. The molecule has 2 unspecified atom stereocenters. The molecule has 3 nitrogen and oxygen atoms in total. The van der Waals surface area contributed by atoms with Crippen LogP contribution in [0.5, 0.6) is 0 Å². The summed E-state index contributed by atoms with van der Waals surface area (Å²) in [5.41, 5.74) is 0. The SMILES string of the molecule is C#CCN(CC)C(=O)C1CCOC1CC. The van der Waals surface area contributed by atoms with Crippen LogP contribution < -0.4 is 0 Å². The highest BCUT2D eigenvalue weighted by atomic mass is 16.5. The number of ether oxygens (including phenoxy) is 1. The van der Waals surface area contributed by atoms with Gasteiger partial charge in [-0.1, -0.05) is 12.8 Å². The minimum Gasteiger partial charge on any atom is -0.377 e. The molecule has 0 aromatic carbocycles. The van der Waals surface area contributed by atoms with Crippen molar-refractivity contribution in [1.82, 2.24) is 4.90 Å². The van der Waals surface area contributed by atoms with Crippen molar-refractivity contribution in [1.29, 1.82) is 0 Å². The molecule has 3 heteroatoms. The maximum Gasteiger partial charge on any atom is 0.229 e. The number of rotatable bonds is 4. The molecule has 84 valence electrons. The highest BCUT2D eigenvalue weighted by Crippen LogP contribution is 2.25. The topological polar surface area (TPSA) is 29.5 Å². The Morgan fingerprint density at radius 1 is 1.60 bits per heavy atom. The minimum atomic E-state index is 0.0169. The minimum absolute atomic E-state index is 0.0169. The van der Waals surface area contributed by atoms with Crippen LogP contribution in [-0.4, -0.2) is 36.6 Å². The summed E-state index contributed by atoms with van der Waals surface area (Å²) < 4.78 is 5.51. The summed E-state index contributed by atoms with van der Waals surface area (Å²) in [4.78, 5) is 13.8. The van der Waals surface area contributed by atoms with Crippen LogP contribution >= 0.6 is 0 Å². The van der Waals surface area contributed by atoms with Crippen molar-refractivity contribution < 1.29 is 9.53 Å². The summed E-state index contributed by atoms with van der Waals surface area (Å²) >= 11 is 0. The molecule has 1 aliphatic rings. The molecule has 1 fully saturated rings. The summed E-state index contributed by atoms with van der Waals surface area (Å²) in [5.74, 6) is 2.69. The maximum atomic E-state index is 12.1. The van der Waals surface area contributed by atoms with Crippen molar-refractivity contribution in [3.8, 4) is 12.3 Å². The van der Waals surface area contributed by atoms with E-state index in [9.17, 15) is 4.79 Å². The Morgan fingerprint density at radius 2 is 2.33 bits per heavy atom. The summed E-state index contributed by atoms with van der Waals surface area (Å²) in [5, 5.41) is 0. The van der Waals surface area contributed by atoms with Crippen molar-refractivity contribution in [2.45, 2.75) is 32.8 Å². The second-order valence-corrected chi connectivity index (χ2v) is 3.77. The Morgan fingerprint density at radius 3 is 2.87 bits per heavy atom. The molecule has 0 aromatic heterocycles. The van der Waals surface area contributed by atoms with Gasteiger partial charge in [-0.2, -0.15) is 0 Å². The molecule has 0 saturated carbocycles. The number of carbonyl (C=O) groups excluding carboxylic acids is 1. The van der Waals surface area contributed by atoms with Gasteiger partial charge in [0.1, 0.15) is 0 Å². The first-order valence-corrected chi connectivity index (χ1v) is 5.58. The van der Waals surface area contributed by atoms with E-state index in [4.69, 9.17) is 11.2 Å². The average Bonchev–Trinajstić information content (AvgIpc) is 2.72. The molecule has 15 heavy (non-hydrogen) atoms. The Balaban J connectivity index is 2.61. The molecule has 1 aliphatic heterocycles. The maximum absolute atomic E-state index is 12.1. The van der Waals surface area contributed by atoms with E-state index in [0.29, 0.717) is 19.7 Å². The van der Waals surface area contributed by atoms with Crippen molar-refractivity contribution in [2.24, 2.45) is 5.92 Å². The smallest absolute Gasteiger partial charge is 0.229 e. The van der Waals surface area contributed by atoms with Gasteiger partial charge in [0.25, 0.3) is 0 Å². The normalized spacial score (nSPS) is 24.9. The van der Waals surface area contributed by atoms with Crippen LogP contribution in [0.15, 0.2) is 0 Å². The molecule has 1 rings (SSSR count). The number of nitrogens with zero attached hydrogens (tertiary/aromatic N) is 1. The van der Waals surface area contributed by atoms with Crippen LogP contribution in [0.4, 0.5) is 0 Å². The highest BCUT2D eigenvalue weighted by Gasteiger charge is 2.34. The Kier molecular flexibility index (Phi) is 4.64. The Labute approximate surface area is 91.8 Å². The summed E-state index contributed by atoms with van der Waals surface area (Å²) in [6, 6.07) is 0. The molecule has 0 aliphatic carbocycles. The second kappa shape index (κ2) is 5.77. The fourth-order valence-corrected chi connectivity index (χ4v) is 2.02. The number of hydrogen-bond donors (Lipinski definition) is 0. The zero-order valence-electron chi connectivity index (χ0n) is 9.53. The molecule has 1 saturated heterocycles. The van der Waals surface area contributed by atoms with E-state index in [2.05, 4.69) is 5.92 Å². The number of amides is 1. The summed E-state index contributed by atoms with van der Waals surface area (Å²) in [6.07, 6.45) is 7.05. The van der Waals surface area contributed by atoms with Crippen LogP contribution in [0.2, 0.25) is 0 Å². The lowest BCUT2D eigenvalue weighted by molar-refractivity contribution is -0.136. The van der Waals surface area contributed by atoms with Gasteiger partial charge in [-0.05, 0) is 19.8 Å². The average molecular weight is 209 g/mol. The van der Waals surface area contributed by atoms with Gasteiger partial charge in [-0.3, -0.25) is 4.79 Å². The van der Waals surface area contributed by atoms with E-state index >= 15 is 0 Å². The van der Waals surface area contributed by atoms with Crippen LogP contribution in [0.25, 0.3) is 0 Å². The zero-order chi connectivity index (χ0) is 11.3. The molecular weight excluding hydrogens is 190 g/mol. The molecule has 2 atom stereocenters. The summed E-state index contributed by atoms with van der Waals surface area (Å²) in [6.45, 7) is 5.78. The molecular formula is C12H19NO2. The third-order valence-electron chi connectivity index (χ3n) is 2.90. The first-order chi connectivity index (χ1) is 7.24. The van der Waals surface area contributed by atoms with Gasteiger partial charge in [0.2, 0.25) is 5.91 Å². The van der Waals surface area contributed by atoms with Crippen LogP contribution in [0, 0.1) is 18.3 Å². The fraction of sp³-hybridized carbons (Fsp3) is 0.750. The molecule has 0 radical (unpaired) electrons. The predicted molar refractivity (Wildman–Crippen MR) is 59.2 cm³/mol. The molecule has 0 aromatic rings. The van der Waals surface area contributed by atoms with Crippen molar-refractivity contribution in [3.05, 3.63) is 0 Å². The molecule has 0 spiro atoms. The van der Waals surface area contributed by atoms with Gasteiger partial charge in [0.15, 0.2) is 0 Å². The van der Waals surface area contributed by atoms with E-state index < -0.39 is 0 Å². The third-order valence-corrected chi connectivity index (χ3v) is 2.90. The van der Waals surface area contributed by atoms with Gasteiger partial charge >= 0.3 is 0 Å². The van der Waals surface area contributed by atoms with Crippen molar-refractivity contribution in [3.63, 3.8) is 0 Å². The number of terminal acetylenes is 1. The highest BCUT2D eigenvalue weighted by molar-refractivity contribution is 5.80. The lowest BCUT2D eigenvalue weighted by atomic mass is 9.98. The van der Waals surface area contributed by atoms with Gasteiger partial charge in [-0.25, -0.2) is 0 Å².